The summed E-state index contributed by atoms with van der Waals surface area (Å²) >= 11 is 0. The van der Waals surface area contributed by atoms with Gasteiger partial charge in [0.2, 0.25) is 0 Å². The minimum atomic E-state index is -0.357. The molecule has 0 N–H and O–H groups in total. The molecule has 5 atom stereocenters. The first-order chi connectivity index (χ1) is 21.1. The van der Waals surface area contributed by atoms with E-state index in [9.17, 15) is 9.59 Å². The van der Waals surface area contributed by atoms with Crippen molar-refractivity contribution in [3.05, 3.63) is 64.7 Å². The van der Waals surface area contributed by atoms with E-state index in [1.54, 1.807) is 13.2 Å². The van der Waals surface area contributed by atoms with Crippen molar-refractivity contribution in [1.82, 2.24) is 9.80 Å². The second-order valence-electron chi connectivity index (χ2n) is 13.4. The maximum absolute atomic E-state index is 14.0. The van der Waals surface area contributed by atoms with Crippen LogP contribution in [0.1, 0.15) is 67.9 Å². The number of carbonyl (C=O) groups excluding carboxylic acids is 2. The fraction of sp³-hybridized carbons (Fsp3) is 0.514. The Morgan fingerprint density at radius 2 is 2.00 bits per heavy atom. The van der Waals surface area contributed by atoms with Gasteiger partial charge in [0.05, 0.1) is 13.2 Å². The molecule has 2 aromatic rings. The fourth-order valence-corrected chi connectivity index (χ4v) is 8.52. The number of ether oxygens (including phenoxy) is 3. The van der Waals surface area contributed by atoms with Crippen molar-refractivity contribution in [3.8, 4) is 29.1 Å². The van der Waals surface area contributed by atoms with Crippen molar-refractivity contribution in [2.24, 2.45) is 11.8 Å². The lowest BCUT2D eigenvalue weighted by Gasteiger charge is -2.60. The van der Waals surface area contributed by atoms with Gasteiger partial charge in [0, 0.05) is 60.1 Å². The van der Waals surface area contributed by atoms with Gasteiger partial charge in [-0.05, 0) is 81.2 Å². The molecule has 44 heavy (non-hydrogen) atoms. The van der Waals surface area contributed by atoms with Crippen LogP contribution in [0, 0.1) is 37.5 Å². The van der Waals surface area contributed by atoms with Crippen molar-refractivity contribution in [1.29, 1.82) is 0 Å². The van der Waals surface area contributed by atoms with Crippen LogP contribution >= 0.6 is 0 Å². The lowest BCUT2D eigenvalue weighted by Crippen LogP contribution is -2.69. The van der Waals surface area contributed by atoms with Crippen LogP contribution in [0.5, 0.6) is 17.2 Å². The Morgan fingerprint density at radius 1 is 1.20 bits per heavy atom. The lowest BCUT2D eigenvalue weighted by atomic mass is 9.50. The van der Waals surface area contributed by atoms with E-state index in [2.05, 4.69) is 51.0 Å². The second kappa shape index (κ2) is 11.6. The SMILES string of the molecule is C=CCN1CC[C@]23c4c5c(OC(C)=O)cc(OC)c4O[C@H]2[C@H](N(CC(C)C)C(=O)C#Cc2ccc(C)c(C)c2)CC[C@H]3[C@H]1C5. The normalized spacial score (nSPS) is 26.2. The van der Waals surface area contributed by atoms with E-state index in [1.807, 2.05) is 29.2 Å². The molecule has 2 bridgehead atoms. The van der Waals surface area contributed by atoms with E-state index in [0.717, 1.165) is 66.8 Å². The summed E-state index contributed by atoms with van der Waals surface area (Å²) in [5, 5.41) is 0. The van der Waals surface area contributed by atoms with E-state index < -0.39 is 0 Å². The molecule has 2 heterocycles. The number of benzene rings is 2. The fourth-order valence-electron chi connectivity index (χ4n) is 8.52. The van der Waals surface area contributed by atoms with Gasteiger partial charge in [-0.1, -0.05) is 31.9 Å². The molecule has 2 aliphatic heterocycles. The van der Waals surface area contributed by atoms with Crippen molar-refractivity contribution < 1.29 is 23.8 Å². The Labute approximate surface area is 261 Å². The van der Waals surface area contributed by atoms with Gasteiger partial charge in [-0.3, -0.25) is 14.5 Å². The average Bonchev–Trinajstić information content (AvgIpc) is 3.32. The molecule has 232 valence electrons. The molecule has 6 rings (SSSR count). The average molecular weight is 597 g/mol. The molecule has 1 saturated carbocycles. The number of hydrogen-bond donors (Lipinski definition) is 0. The highest BCUT2D eigenvalue weighted by Crippen LogP contribution is 2.65. The largest absolute Gasteiger partial charge is 0.493 e. The van der Waals surface area contributed by atoms with E-state index in [0.29, 0.717) is 24.0 Å². The number of amides is 1. The molecule has 1 saturated heterocycles. The molecule has 1 spiro atoms. The van der Waals surface area contributed by atoms with E-state index >= 15 is 0 Å². The molecule has 2 aliphatic carbocycles. The van der Waals surface area contributed by atoms with Gasteiger partial charge in [-0.15, -0.1) is 6.58 Å². The third-order valence-electron chi connectivity index (χ3n) is 10.4. The quantitative estimate of drug-likeness (QED) is 0.185. The highest BCUT2D eigenvalue weighted by Gasteiger charge is 2.67. The zero-order valence-electron chi connectivity index (χ0n) is 26.9. The lowest BCUT2D eigenvalue weighted by molar-refractivity contribution is -0.137. The van der Waals surface area contributed by atoms with Crippen LogP contribution in [-0.4, -0.2) is 66.6 Å². The molecular formula is C37H44N2O5. The number of likely N-dealkylation sites (tertiary alicyclic amines) is 1. The summed E-state index contributed by atoms with van der Waals surface area (Å²) in [6.45, 7) is 16.2. The molecule has 1 amide bonds. The van der Waals surface area contributed by atoms with Crippen LogP contribution < -0.4 is 14.2 Å². The number of piperidine rings is 1. The summed E-state index contributed by atoms with van der Waals surface area (Å²) in [7, 11) is 1.63. The van der Waals surface area contributed by atoms with Crippen LogP contribution in [0.25, 0.3) is 0 Å². The van der Waals surface area contributed by atoms with Gasteiger partial charge < -0.3 is 19.1 Å². The molecule has 2 fully saturated rings. The summed E-state index contributed by atoms with van der Waals surface area (Å²) in [5.41, 5.74) is 5.04. The maximum Gasteiger partial charge on any atom is 0.308 e. The summed E-state index contributed by atoms with van der Waals surface area (Å²) in [4.78, 5) is 30.8. The first-order valence-electron chi connectivity index (χ1n) is 15.9. The van der Waals surface area contributed by atoms with E-state index in [1.165, 1.54) is 12.5 Å². The van der Waals surface area contributed by atoms with E-state index in [-0.39, 0.29) is 41.4 Å². The number of aryl methyl sites for hydroxylation is 2. The van der Waals surface area contributed by atoms with Crippen LogP contribution in [0.2, 0.25) is 0 Å². The molecule has 0 unspecified atom stereocenters. The van der Waals surface area contributed by atoms with Gasteiger partial charge in [0.1, 0.15) is 11.9 Å². The Bertz CT molecular complexity index is 1570. The number of methoxy groups -OCH3 is 1. The van der Waals surface area contributed by atoms with Crippen LogP contribution in [-0.2, 0) is 21.4 Å². The first-order valence-corrected chi connectivity index (χ1v) is 15.9. The molecule has 7 nitrogen and oxygen atoms in total. The number of rotatable bonds is 7. The zero-order chi connectivity index (χ0) is 31.3. The monoisotopic (exact) mass is 596 g/mol. The minimum absolute atomic E-state index is 0.151. The predicted molar refractivity (Wildman–Crippen MR) is 170 cm³/mol. The summed E-state index contributed by atoms with van der Waals surface area (Å²) < 4.78 is 18.7. The number of nitrogens with zero attached hydrogens (tertiary/aromatic N) is 2. The number of hydrogen-bond acceptors (Lipinski definition) is 6. The molecule has 7 heteroatoms. The van der Waals surface area contributed by atoms with Gasteiger partial charge >= 0.3 is 5.97 Å². The van der Waals surface area contributed by atoms with Crippen LogP contribution in [0.15, 0.2) is 36.9 Å². The Balaban J connectivity index is 1.45. The maximum atomic E-state index is 14.0. The molecular weight excluding hydrogens is 552 g/mol. The van der Waals surface area contributed by atoms with Crippen LogP contribution in [0.4, 0.5) is 0 Å². The van der Waals surface area contributed by atoms with Crippen molar-refractivity contribution in [3.63, 3.8) is 0 Å². The van der Waals surface area contributed by atoms with Crippen molar-refractivity contribution in [2.75, 3.05) is 26.7 Å². The zero-order valence-corrected chi connectivity index (χ0v) is 26.9. The Morgan fingerprint density at radius 3 is 2.68 bits per heavy atom. The molecule has 2 aromatic carbocycles. The second-order valence-corrected chi connectivity index (χ2v) is 13.4. The molecule has 0 aromatic heterocycles. The Kier molecular flexibility index (Phi) is 8.00. The predicted octanol–water partition coefficient (Wildman–Crippen LogP) is 5.37. The molecule has 0 radical (unpaired) electrons. The van der Waals surface area contributed by atoms with Gasteiger partial charge in [-0.2, -0.15) is 0 Å². The highest BCUT2D eigenvalue weighted by molar-refractivity contribution is 5.94. The van der Waals surface area contributed by atoms with Gasteiger partial charge in [-0.25, -0.2) is 0 Å². The smallest absolute Gasteiger partial charge is 0.308 e. The number of carbonyl (C=O) groups is 2. The summed E-state index contributed by atoms with van der Waals surface area (Å²) in [5.74, 6) is 8.09. The van der Waals surface area contributed by atoms with Crippen LogP contribution in [0.3, 0.4) is 0 Å². The van der Waals surface area contributed by atoms with Gasteiger partial charge in [0.25, 0.3) is 5.91 Å². The summed E-state index contributed by atoms with van der Waals surface area (Å²) in [6, 6.07) is 7.97. The third-order valence-corrected chi connectivity index (χ3v) is 10.4. The number of esters is 1. The van der Waals surface area contributed by atoms with Gasteiger partial charge in [0.15, 0.2) is 11.5 Å². The summed E-state index contributed by atoms with van der Waals surface area (Å²) in [6.07, 6.45) is 5.18. The first kappa shape index (κ1) is 30.3. The third kappa shape index (κ3) is 4.88. The highest BCUT2D eigenvalue weighted by atomic mass is 16.5. The molecule has 4 aliphatic rings. The van der Waals surface area contributed by atoms with Crippen molar-refractivity contribution in [2.45, 2.75) is 83.9 Å². The van der Waals surface area contributed by atoms with Crippen molar-refractivity contribution >= 4 is 11.9 Å². The Hall–Kier alpha value is -3.76. The topological polar surface area (TPSA) is 68.3 Å². The van der Waals surface area contributed by atoms with E-state index in [4.69, 9.17) is 14.2 Å². The minimum Gasteiger partial charge on any atom is -0.493 e. The standard InChI is InChI=1S/C37H44N2O5/c1-8-16-38-17-15-37-28-12-13-29(39(21-22(2)3)33(41)14-11-26-10-9-23(4)24(5)18-26)36(37)44-35-32(42-7)20-31(43-25(6)40)27(34(35)37)19-30(28)38/h8-10,18,20,22,28-30,36H,1,12-13,15-17,19,21H2,2-7H3/t28-,29+,30+,36-,37-/m0/s1.